The number of ether oxygens (including phenoxy) is 2. The van der Waals surface area contributed by atoms with Crippen molar-refractivity contribution in [2.75, 3.05) is 17.3 Å². The van der Waals surface area contributed by atoms with Gasteiger partial charge in [0.15, 0.2) is 5.72 Å². The van der Waals surface area contributed by atoms with Crippen LogP contribution in [0.25, 0.3) is 0 Å². The number of fused-ring (bicyclic) bond motifs is 4. The fraction of sp³-hybridized carbons (Fsp3) is 0.200. The van der Waals surface area contributed by atoms with E-state index in [-0.39, 0.29) is 18.0 Å². The standard InChI is InChI=1S/C25H22ClN3O4/c1-25-14-21(20-13-16(26)6-11-22(20)33-25)28-24(31)29(25)18-5-3-4-15(12-18)23(30)27-17-7-9-19(32-2)10-8-17/h3-13,21H,14H2,1-2H3,(H,27,30)(H,28,31). The molecule has 8 heteroatoms. The number of methoxy groups -OCH3 is 1. The van der Waals surface area contributed by atoms with Crippen molar-refractivity contribution in [1.82, 2.24) is 5.32 Å². The number of carbonyl (C=O) groups excluding carboxylic acids is 2. The number of urea groups is 1. The zero-order valence-electron chi connectivity index (χ0n) is 18.1. The van der Waals surface area contributed by atoms with Gasteiger partial charge in [0, 0.05) is 28.3 Å². The summed E-state index contributed by atoms with van der Waals surface area (Å²) in [7, 11) is 1.59. The van der Waals surface area contributed by atoms with Gasteiger partial charge in [0.25, 0.3) is 5.91 Å². The van der Waals surface area contributed by atoms with E-state index in [0.29, 0.717) is 39.9 Å². The molecule has 2 unspecified atom stereocenters. The molecule has 0 aromatic heterocycles. The number of anilines is 2. The third-order valence-electron chi connectivity index (χ3n) is 5.95. The Morgan fingerprint density at radius 1 is 1.18 bits per heavy atom. The molecule has 2 aliphatic rings. The Hall–Kier alpha value is -3.71. The topological polar surface area (TPSA) is 79.9 Å². The van der Waals surface area contributed by atoms with Crippen LogP contribution in [-0.2, 0) is 0 Å². The van der Waals surface area contributed by atoms with E-state index < -0.39 is 5.72 Å². The number of carbonyl (C=O) groups is 2. The van der Waals surface area contributed by atoms with E-state index in [1.807, 2.05) is 19.1 Å². The highest BCUT2D eigenvalue weighted by atomic mass is 35.5. The number of hydrogen-bond acceptors (Lipinski definition) is 4. The lowest BCUT2D eigenvalue weighted by atomic mass is 9.90. The lowest BCUT2D eigenvalue weighted by Gasteiger charge is -2.50. The monoisotopic (exact) mass is 463 g/mol. The van der Waals surface area contributed by atoms with Crippen molar-refractivity contribution >= 4 is 34.9 Å². The minimum Gasteiger partial charge on any atom is -0.497 e. The molecule has 168 valence electrons. The number of rotatable bonds is 4. The molecule has 0 saturated carbocycles. The van der Waals surface area contributed by atoms with Crippen molar-refractivity contribution in [3.8, 4) is 11.5 Å². The van der Waals surface area contributed by atoms with E-state index in [9.17, 15) is 9.59 Å². The molecular weight excluding hydrogens is 442 g/mol. The second-order valence-electron chi connectivity index (χ2n) is 8.23. The molecular formula is C25H22ClN3O4. The van der Waals surface area contributed by atoms with Crippen molar-refractivity contribution < 1.29 is 19.1 Å². The average Bonchev–Trinajstić information content (AvgIpc) is 2.80. The fourth-order valence-corrected chi connectivity index (χ4v) is 4.58. The van der Waals surface area contributed by atoms with Crippen molar-refractivity contribution in [1.29, 1.82) is 0 Å². The van der Waals surface area contributed by atoms with Crippen molar-refractivity contribution in [2.24, 2.45) is 0 Å². The predicted molar refractivity (Wildman–Crippen MR) is 126 cm³/mol. The molecule has 2 aliphatic heterocycles. The zero-order chi connectivity index (χ0) is 23.2. The van der Waals surface area contributed by atoms with Gasteiger partial charge < -0.3 is 20.1 Å². The summed E-state index contributed by atoms with van der Waals surface area (Å²) in [6, 6.07) is 18.9. The summed E-state index contributed by atoms with van der Waals surface area (Å²) < 4.78 is 11.4. The number of amides is 3. The summed E-state index contributed by atoms with van der Waals surface area (Å²) in [6.45, 7) is 1.88. The molecule has 0 radical (unpaired) electrons. The zero-order valence-corrected chi connectivity index (χ0v) is 18.8. The Morgan fingerprint density at radius 2 is 1.97 bits per heavy atom. The van der Waals surface area contributed by atoms with Crippen LogP contribution in [0.1, 0.15) is 35.3 Å². The van der Waals surface area contributed by atoms with E-state index in [1.54, 1.807) is 66.6 Å². The molecule has 7 nitrogen and oxygen atoms in total. The number of hydrogen-bond donors (Lipinski definition) is 2. The minimum absolute atomic E-state index is 0.206. The number of benzene rings is 3. The maximum Gasteiger partial charge on any atom is 0.325 e. The summed E-state index contributed by atoms with van der Waals surface area (Å²) in [5, 5.41) is 6.50. The molecule has 1 saturated heterocycles. The van der Waals surface area contributed by atoms with E-state index in [0.717, 1.165) is 5.56 Å². The van der Waals surface area contributed by atoms with Gasteiger partial charge in [-0.2, -0.15) is 0 Å². The van der Waals surface area contributed by atoms with Crippen LogP contribution in [0.3, 0.4) is 0 Å². The van der Waals surface area contributed by atoms with Gasteiger partial charge in [0.05, 0.1) is 18.8 Å². The van der Waals surface area contributed by atoms with Crippen LogP contribution < -0.4 is 25.0 Å². The van der Waals surface area contributed by atoms with Crippen LogP contribution in [0.4, 0.5) is 16.2 Å². The van der Waals surface area contributed by atoms with E-state index in [2.05, 4.69) is 10.6 Å². The second kappa shape index (κ2) is 8.01. The molecule has 3 aromatic rings. The lowest BCUT2D eigenvalue weighted by molar-refractivity contribution is 0.0378. The highest BCUT2D eigenvalue weighted by Gasteiger charge is 2.49. The quantitative estimate of drug-likeness (QED) is 0.545. The summed E-state index contributed by atoms with van der Waals surface area (Å²) in [5.41, 5.74) is 1.57. The lowest BCUT2D eigenvalue weighted by Crippen LogP contribution is -2.65. The van der Waals surface area contributed by atoms with E-state index >= 15 is 0 Å². The Kier molecular flexibility index (Phi) is 5.13. The first kappa shape index (κ1) is 21.2. The fourth-order valence-electron chi connectivity index (χ4n) is 4.40. The number of halogens is 1. The SMILES string of the molecule is COc1ccc(NC(=O)c2cccc(N3C(=O)NC4CC3(C)Oc3ccc(Cl)cc34)c2)cc1. The highest BCUT2D eigenvalue weighted by Crippen LogP contribution is 2.46. The van der Waals surface area contributed by atoms with Gasteiger partial charge in [-0.3, -0.25) is 9.69 Å². The van der Waals surface area contributed by atoms with Gasteiger partial charge in [-0.05, 0) is 67.6 Å². The summed E-state index contributed by atoms with van der Waals surface area (Å²) >= 11 is 6.15. The minimum atomic E-state index is -0.918. The van der Waals surface area contributed by atoms with Crippen LogP contribution in [0, 0.1) is 0 Å². The molecule has 2 N–H and O–H groups in total. The summed E-state index contributed by atoms with van der Waals surface area (Å²) in [5.74, 6) is 1.09. The van der Waals surface area contributed by atoms with Gasteiger partial charge in [-0.15, -0.1) is 0 Å². The molecule has 33 heavy (non-hydrogen) atoms. The molecule has 2 heterocycles. The smallest absolute Gasteiger partial charge is 0.325 e. The van der Waals surface area contributed by atoms with Crippen molar-refractivity contribution in [2.45, 2.75) is 25.1 Å². The number of nitrogens with zero attached hydrogens (tertiary/aromatic N) is 1. The third-order valence-corrected chi connectivity index (χ3v) is 6.18. The second-order valence-corrected chi connectivity index (χ2v) is 8.67. The molecule has 0 aliphatic carbocycles. The first-order valence-corrected chi connectivity index (χ1v) is 10.9. The van der Waals surface area contributed by atoms with Crippen LogP contribution in [0.2, 0.25) is 5.02 Å². The Morgan fingerprint density at radius 3 is 2.73 bits per heavy atom. The van der Waals surface area contributed by atoms with Crippen molar-refractivity contribution in [3.05, 3.63) is 82.9 Å². The summed E-state index contributed by atoms with van der Waals surface area (Å²) in [4.78, 5) is 27.6. The predicted octanol–water partition coefficient (Wildman–Crippen LogP) is 5.37. The molecule has 2 bridgehead atoms. The third kappa shape index (κ3) is 3.85. The van der Waals surface area contributed by atoms with E-state index in [1.165, 1.54) is 0 Å². The molecule has 3 aromatic carbocycles. The van der Waals surface area contributed by atoms with Crippen LogP contribution >= 0.6 is 11.6 Å². The Labute approximate surface area is 196 Å². The van der Waals surface area contributed by atoms with Gasteiger partial charge >= 0.3 is 6.03 Å². The van der Waals surface area contributed by atoms with E-state index in [4.69, 9.17) is 21.1 Å². The molecule has 2 atom stereocenters. The largest absolute Gasteiger partial charge is 0.497 e. The normalized spacial score (nSPS) is 20.9. The number of nitrogens with one attached hydrogen (secondary N) is 2. The first-order chi connectivity index (χ1) is 15.9. The summed E-state index contributed by atoms with van der Waals surface area (Å²) in [6.07, 6.45) is 0.536. The van der Waals surface area contributed by atoms with Crippen molar-refractivity contribution in [3.63, 3.8) is 0 Å². The Bertz CT molecular complexity index is 1250. The molecule has 1 fully saturated rings. The van der Waals surface area contributed by atoms with Crippen LogP contribution in [0.5, 0.6) is 11.5 Å². The average molecular weight is 464 g/mol. The maximum absolute atomic E-state index is 13.1. The first-order valence-electron chi connectivity index (χ1n) is 10.5. The maximum atomic E-state index is 13.1. The molecule has 0 spiro atoms. The van der Waals surface area contributed by atoms with Gasteiger partial charge in [0.1, 0.15) is 11.5 Å². The van der Waals surface area contributed by atoms with Gasteiger partial charge in [-0.25, -0.2) is 4.79 Å². The Balaban J connectivity index is 1.42. The van der Waals surface area contributed by atoms with Gasteiger partial charge in [0.2, 0.25) is 0 Å². The van der Waals surface area contributed by atoms with Crippen LogP contribution in [0.15, 0.2) is 66.7 Å². The van der Waals surface area contributed by atoms with Crippen LogP contribution in [-0.4, -0.2) is 24.8 Å². The molecule has 3 amide bonds. The molecule has 5 rings (SSSR count). The highest BCUT2D eigenvalue weighted by molar-refractivity contribution is 6.30. The van der Waals surface area contributed by atoms with Gasteiger partial charge in [-0.1, -0.05) is 17.7 Å².